The molecular weight excluding hydrogens is 254 g/mol. The third kappa shape index (κ3) is 2.37. The van der Waals surface area contributed by atoms with Crippen molar-refractivity contribution in [1.82, 2.24) is 0 Å². The van der Waals surface area contributed by atoms with Crippen LogP contribution in [0.15, 0.2) is 24.3 Å². The Labute approximate surface area is 117 Å². The number of hydrogen-bond donors (Lipinski definition) is 1. The summed E-state index contributed by atoms with van der Waals surface area (Å²) in [6.45, 7) is 7.39. The predicted octanol–water partition coefficient (Wildman–Crippen LogP) is 4.20. The third-order valence-corrected chi connectivity index (χ3v) is 3.36. The molecule has 0 fully saturated rings. The molecule has 1 N–H and O–H groups in total. The number of rotatable bonds is 2. The molecule has 0 heterocycles. The number of nitrogens with zero attached hydrogens (tertiary/aromatic N) is 1. The monoisotopic (exact) mass is 271 g/mol. The van der Waals surface area contributed by atoms with Crippen LogP contribution in [-0.2, 0) is 0 Å². The summed E-state index contributed by atoms with van der Waals surface area (Å²) in [6.07, 6.45) is 0. The zero-order valence-electron chi connectivity index (χ0n) is 12.0. The Bertz CT molecular complexity index is 682. The molecule has 0 spiro atoms. The van der Waals surface area contributed by atoms with Crippen molar-refractivity contribution in [2.45, 2.75) is 27.7 Å². The first-order chi connectivity index (χ1) is 9.31. The Morgan fingerprint density at radius 3 is 1.90 bits per heavy atom. The van der Waals surface area contributed by atoms with E-state index in [1.165, 1.54) is 0 Å². The van der Waals surface area contributed by atoms with Gasteiger partial charge in [0.25, 0.3) is 5.69 Å². The van der Waals surface area contributed by atoms with Gasteiger partial charge in [0.2, 0.25) is 0 Å². The van der Waals surface area contributed by atoms with Gasteiger partial charge in [-0.2, -0.15) is 0 Å². The summed E-state index contributed by atoms with van der Waals surface area (Å²) in [7, 11) is 0. The van der Waals surface area contributed by atoms with E-state index in [-0.39, 0.29) is 11.4 Å². The summed E-state index contributed by atoms with van der Waals surface area (Å²) in [5.74, 6) is 0.0811. The van der Waals surface area contributed by atoms with Gasteiger partial charge in [-0.25, -0.2) is 0 Å². The molecule has 2 aromatic rings. The molecule has 2 aromatic carbocycles. The van der Waals surface area contributed by atoms with Gasteiger partial charge in [-0.05, 0) is 56.0 Å². The molecule has 0 amide bonds. The van der Waals surface area contributed by atoms with E-state index in [4.69, 9.17) is 0 Å². The SMILES string of the molecule is Cc1cc(C)c(-c2c(C)cc(C)cc2[N+](=O)[O-])c(O)c1. The minimum absolute atomic E-state index is 0.0322. The lowest BCUT2D eigenvalue weighted by Gasteiger charge is -2.13. The zero-order chi connectivity index (χ0) is 15.0. The molecule has 20 heavy (non-hydrogen) atoms. The number of hydrogen-bond acceptors (Lipinski definition) is 3. The normalized spacial score (nSPS) is 10.6. The molecular formula is C16H17NO3. The molecule has 2 rings (SSSR count). The average Bonchev–Trinajstić information content (AvgIpc) is 2.29. The largest absolute Gasteiger partial charge is 0.507 e. The molecule has 0 saturated carbocycles. The highest BCUT2D eigenvalue weighted by Crippen LogP contribution is 2.41. The maximum atomic E-state index is 11.3. The van der Waals surface area contributed by atoms with Crippen LogP contribution < -0.4 is 0 Å². The van der Waals surface area contributed by atoms with Crippen LogP contribution in [-0.4, -0.2) is 10.0 Å². The number of aryl methyl sites for hydroxylation is 4. The summed E-state index contributed by atoms with van der Waals surface area (Å²) >= 11 is 0. The van der Waals surface area contributed by atoms with Gasteiger partial charge in [0.05, 0.1) is 10.5 Å². The Morgan fingerprint density at radius 1 is 0.900 bits per heavy atom. The third-order valence-electron chi connectivity index (χ3n) is 3.36. The summed E-state index contributed by atoms with van der Waals surface area (Å²) < 4.78 is 0. The van der Waals surface area contributed by atoms with Crippen LogP contribution >= 0.6 is 0 Å². The first-order valence-corrected chi connectivity index (χ1v) is 6.37. The Hall–Kier alpha value is -2.36. The number of phenolic OH excluding ortho intramolecular Hbond substituents is 1. The lowest BCUT2D eigenvalue weighted by molar-refractivity contribution is -0.384. The topological polar surface area (TPSA) is 63.4 Å². The predicted molar refractivity (Wildman–Crippen MR) is 79.1 cm³/mol. The summed E-state index contributed by atoms with van der Waals surface area (Å²) in [4.78, 5) is 10.9. The van der Waals surface area contributed by atoms with Crippen molar-refractivity contribution in [2.24, 2.45) is 0 Å². The molecule has 4 heteroatoms. The van der Waals surface area contributed by atoms with Crippen molar-refractivity contribution in [3.63, 3.8) is 0 Å². The second-order valence-corrected chi connectivity index (χ2v) is 5.21. The Morgan fingerprint density at radius 2 is 1.40 bits per heavy atom. The van der Waals surface area contributed by atoms with Gasteiger partial charge >= 0.3 is 0 Å². The van der Waals surface area contributed by atoms with Crippen molar-refractivity contribution in [2.75, 3.05) is 0 Å². The Kier molecular flexibility index (Phi) is 3.49. The van der Waals surface area contributed by atoms with Gasteiger partial charge in [-0.15, -0.1) is 0 Å². The molecule has 0 aliphatic carbocycles. The number of benzene rings is 2. The lowest BCUT2D eigenvalue weighted by atomic mass is 9.92. The minimum Gasteiger partial charge on any atom is -0.507 e. The van der Waals surface area contributed by atoms with Crippen LogP contribution in [0.25, 0.3) is 11.1 Å². The van der Waals surface area contributed by atoms with E-state index in [2.05, 4.69) is 0 Å². The lowest BCUT2D eigenvalue weighted by Crippen LogP contribution is -1.98. The summed E-state index contributed by atoms with van der Waals surface area (Å²) in [5, 5.41) is 21.5. The van der Waals surface area contributed by atoms with E-state index < -0.39 is 4.92 Å². The van der Waals surface area contributed by atoms with Gasteiger partial charge in [0, 0.05) is 11.6 Å². The molecule has 0 radical (unpaired) electrons. The second-order valence-electron chi connectivity index (χ2n) is 5.21. The van der Waals surface area contributed by atoms with Crippen LogP contribution in [0, 0.1) is 37.8 Å². The Balaban J connectivity index is 2.86. The van der Waals surface area contributed by atoms with E-state index in [0.29, 0.717) is 11.1 Å². The quantitative estimate of drug-likeness (QED) is 0.657. The van der Waals surface area contributed by atoms with Gasteiger partial charge in [0.1, 0.15) is 5.75 Å². The molecule has 4 nitrogen and oxygen atoms in total. The highest BCUT2D eigenvalue weighted by molar-refractivity contribution is 5.83. The molecule has 0 saturated heterocycles. The fourth-order valence-electron chi connectivity index (χ4n) is 2.68. The van der Waals surface area contributed by atoms with Crippen LogP contribution in [0.2, 0.25) is 0 Å². The highest BCUT2D eigenvalue weighted by atomic mass is 16.6. The first kappa shape index (κ1) is 14.1. The van der Waals surface area contributed by atoms with E-state index in [1.54, 1.807) is 12.1 Å². The molecule has 0 bridgehead atoms. The van der Waals surface area contributed by atoms with Crippen LogP contribution in [0.1, 0.15) is 22.3 Å². The van der Waals surface area contributed by atoms with Crippen molar-refractivity contribution in [1.29, 1.82) is 0 Å². The van der Waals surface area contributed by atoms with Crippen molar-refractivity contribution in [3.05, 3.63) is 56.6 Å². The van der Waals surface area contributed by atoms with Gasteiger partial charge in [0.15, 0.2) is 0 Å². The molecule has 0 unspecified atom stereocenters. The molecule has 0 aromatic heterocycles. The van der Waals surface area contributed by atoms with Crippen molar-refractivity contribution >= 4 is 5.69 Å². The van der Waals surface area contributed by atoms with Gasteiger partial charge in [-0.1, -0.05) is 12.1 Å². The number of nitro groups is 1. The molecule has 0 aliphatic heterocycles. The standard InChI is InChI=1S/C16H17NO3/c1-9-5-11(3)15(13(7-9)17(19)20)16-12(4)6-10(2)8-14(16)18/h5-8,18H,1-4H3. The molecule has 0 aliphatic rings. The fraction of sp³-hybridized carbons (Fsp3) is 0.250. The highest BCUT2D eigenvalue weighted by Gasteiger charge is 2.22. The van der Waals surface area contributed by atoms with E-state index in [0.717, 1.165) is 22.3 Å². The van der Waals surface area contributed by atoms with E-state index in [9.17, 15) is 15.2 Å². The van der Waals surface area contributed by atoms with Crippen LogP contribution in [0.3, 0.4) is 0 Å². The van der Waals surface area contributed by atoms with E-state index in [1.807, 2.05) is 39.8 Å². The number of nitro benzene ring substituents is 1. The molecule has 0 atom stereocenters. The van der Waals surface area contributed by atoms with Crippen LogP contribution in [0.5, 0.6) is 5.75 Å². The molecule has 104 valence electrons. The first-order valence-electron chi connectivity index (χ1n) is 6.37. The average molecular weight is 271 g/mol. The zero-order valence-corrected chi connectivity index (χ0v) is 12.0. The van der Waals surface area contributed by atoms with Gasteiger partial charge < -0.3 is 5.11 Å². The smallest absolute Gasteiger partial charge is 0.277 e. The van der Waals surface area contributed by atoms with Crippen molar-refractivity contribution in [3.8, 4) is 16.9 Å². The van der Waals surface area contributed by atoms with Crippen LogP contribution in [0.4, 0.5) is 5.69 Å². The maximum Gasteiger partial charge on any atom is 0.277 e. The summed E-state index contributed by atoms with van der Waals surface area (Å²) in [6, 6.07) is 6.98. The number of phenols is 1. The summed E-state index contributed by atoms with van der Waals surface area (Å²) in [5.41, 5.74) is 4.45. The minimum atomic E-state index is -0.395. The fourth-order valence-corrected chi connectivity index (χ4v) is 2.68. The second kappa shape index (κ2) is 4.96. The number of aromatic hydroxyl groups is 1. The van der Waals surface area contributed by atoms with Crippen molar-refractivity contribution < 1.29 is 10.0 Å². The van der Waals surface area contributed by atoms with Gasteiger partial charge in [-0.3, -0.25) is 10.1 Å². The van der Waals surface area contributed by atoms with E-state index >= 15 is 0 Å². The maximum absolute atomic E-state index is 11.3.